The van der Waals surface area contributed by atoms with Gasteiger partial charge in [-0.15, -0.1) is 0 Å². The molecule has 0 saturated carbocycles. The first kappa shape index (κ1) is 15.3. The minimum absolute atomic E-state index is 0.139. The molecule has 0 atom stereocenters. The summed E-state index contributed by atoms with van der Waals surface area (Å²) in [5, 5.41) is 42.0. The van der Waals surface area contributed by atoms with Crippen molar-refractivity contribution >= 4 is 5.84 Å². The molecule has 0 aliphatic heterocycles. The molecule has 0 aromatic carbocycles. The predicted molar refractivity (Wildman–Crippen MR) is 67.6 cm³/mol. The van der Waals surface area contributed by atoms with Crippen molar-refractivity contribution < 1.29 is 20.5 Å². The maximum atomic E-state index is 9.19. The average Bonchev–Trinajstić information content (AvgIpc) is 2.49. The topological polar surface area (TPSA) is 144 Å². The number of rotatable bonds is 7. The van der Waals surface area contributed by atoms with Crippen molar-refractivity contribution in [2.75, 3.05) is 19.8 Å². The van der Waals surface area contributed by atoms with Crippen molar-refractivity contribution in [2.45, 2.75) is 12.1 Å². The van der Waals surface area contributed by atoms with Gasteiger partial charge in [-0.1, -0.05) is 11.2 Å². The molecule has 0 spiro atoms. The second-order valence-electron chi connectivity index (χ2n) is 4.10. The predicted octanol–water partition coefficient (Wildman–Crippen LogP) is -2.02. The number of nitrogens with two attached hydrogens (primary N) is 1. The largest absolute Gasteiger partial charge is 0.409 e. The van der Waals surface area contributed by atoms with Gasteiger partial charge >= 0.3 is 0 Å². The van der Waals surface area contributed by atoms with Crippen LogP contribution in [0.25, 0.3) is 0 Å². The smallest absolute Gasteiger partial charge is 0.189 e. The Balaban J connectivity index is 2.89. The summed E-state index contributed by atoms with van der Waals surface area (Å²) in [4.78, 5) is 3.98. The molecule has 0 unspecified atom stereocenters. The van der Waals surface area contributed by atoms with Gasteiger partial charge in [0.25, 0.3) is 0 Å². The minimum atomic E-state index is -1.20. The number of aliphatic hydroxyl groups is 3. The maximum Gasteiger partial charge on any atom is 0.189 e. The van der Waals surface area contributed by atoms with E-state index in [1.165, 1.54) is 6.20 Å². The standard InChI is InChI=1S/C11H18N4O4/c12-10(15-19)9-8(2-1-3-13-9)4-14-11(5-16,6-17)7-18/h1-3,14,16-19H,4-7H2,(H2,12,15). The highest BCUT2D eigenvalue weighted by atomic mass is 16.4. The van der Waals surface area contributed by atoms with Gasteiger partial charge in [0.05, 0.1) is 25.4 Å². The van der Waals surface area contributed by atoms with Crippen molar-refractivity contribution in [1.29, 1.82) is 0 Å². The summed E-state index contributed by atoms with van der Waals surface area (Å²) in [6, 6.07) is 3.37. The van der Waals surface area contributed by atoms with Crippen molar-refractivity contribution in [3.8, 4) is 0 Å². The molecule has 0 fully saturated rings. The van der Waals surface area contributed by atoms with Crippen LogP contribution in [0.3, 0.4) is 0 Å². The van der Waals surface area contributed by atoms with Crippen LogP contribution >= 0.6 is 0 Å². The number of aliphatic hydroxyl groups excluding tert-OH is 3. The lowest BCUT2D eigenvalue weighted by molar-refractivity contribution is 0.0413. The van der Waals surface area contributed by atoms with E-state index in [4.69, 9.17) is 10.9 Å². The Morgan fingerprint density at radius 1 is 1.32 bits per heavy atom. The van der Waals surface area contributed by atoms with Crippen LogP contribution in [0.2, 0.25) is 0 Å². The molecular formula is C11H18N4O4. The third-order valence-corrected chi connectivity index (χ3v) is 2.80. The lowest BCUT2D eigenvalue weighted by Crippen LogP contribution is -2.54. The number of nitrogens with zero attached hydrogens (tertiary/aromatic N) is 2. The van der Waals surface area contributed by atoms with Crippen LogP contribution < -0.4 is 11.1 Å². The normalized spacial score (nSPS) is 12.7. The van der Waals surface area contributed by atoms with Crippen LogP contribution in [0.1, 0.15) is 11.3 Å². The molecule has 106 valence electrons. The Labute approximate surface area is 110 Å². The Bertz CT molecular complexity index is 426. The van der Waals surface area contributed by atoms with Crippen LogP contribution in [0.15, 0.2) is 23.5 Å². The van der Waals surface area contributed by atoms with Gasteiger partial charge in [0.2, 0.25) is 0 Å². The zero-order valence-corrected chi connectivity index (χ0v) is 10.3. The Morgan fingerprint density at radius 3 is 2.47 bits per heavy atom. The highest BCUT2D eigenvalue weighted by molar-refractivity contribution is 5.96. The van der Waals surface area contributed by atoms with Crippen LogP contribution in [0, 0.1) is 0 Å². The van der Waals surface area contributed by atoms with E-state index in [-0.39, 0.29) is 12.4 Å². The second kappa shape index (κ2) is 7.00. The van der Waals surface area contributed by atoms with E-state index in [1.807, 2.05) is 0 Å². The van der Waals surface area contributed by atoms with Gasteiger partial charge in [0.1, 0.15) is 5.69 Å². The summed E-state index contributed by atoms with van der Waals surface area (Å²) in [5.41, 5.74) is 5.20. The van der Waals surface area contributed by atoms with Gasteiger partial charge < -0.3 is 31.6 Å². The molecule has 8 nitrogen and oxygen atoms in total. The summed E-state index contributed by atoms with van der Waals surface area (Å²) in [7, 11) is 0. The first-order valence-corrected chi connectivity index (χ1v) is 5.62. The van der Waals surface area contributed by atoms with Gasteiger partial charge in [-0.3, -0.25) is 4.98 Å². The van der Waals surface area contributed by atoms with Gasteiger partial charge in [-0.05, 0) is 11.6 Å². The summed E-state index contributed by atoms with van der Waals surface area (Å²) in [5.74, 6) is -0.139. The molecule has 1 aromatic rings. The summed E-state index contributed by atoms with van der Waals surface area (Å²) >= 11 is 0. The van der Waals surface area contributed by atoms with Gasteiger partial charge in [0.15, 0.2) is 5.84 Å². The number of hydrogen-bond donors (Lipinski definition) is 6. The number of aromatic nitrogens is 1. The number of nitrogens with one attached hydrogen (secondary N) is 1. The molecule has 1 rings (SSSR count). The van der Waals surface area contributed by atoms with Crippen molar-refractivity contribution in [3.63, 3.8) is 0 Å². The lowest BCUT2D eigenvalue weighted by Gasteiger charge is -2.29. The highest BCUT2D eigenvalue weighted by Crippen LogP contribution is 2.08. The van der Waals surface area contributed by atoms with Crippen LogP contribution in [-0.4, -0.2) is 56.7 Å². The van der Waals surface area contributed by atoms with Gasteiger partial charge in [0, 0.05) is 12.7 Å². The van der Waals surface area contributed by atoms with Gasteiger partial charge in [-0.25, -0.2) is 0 Å². The molecule has 1 aromatic heterocycles. The Kier molecular flexibility index (Phi) is 5.64. The average molecular weight is 270 g/mol. The van der Waals surface area contributed by atoms with E-state index in [9.17, 15) is 15.3 Å². The Hall–Kier alpha value is -1.74. The summed E-state index contributed by atoms with van der Waals surface area (Å²) in [6.45, 7) is -1.11. The fraction of sp³-hybridized carbons (Fsp3) is 0.455. The molecule has 7 N–H and O–H groups in total. The first-order valence-electron chi connectivity index (χ1n) is 5.62. The van der Waals surface area contributed by atoms with Gasteiger partial charge in [-0.2, -0.15) is 0 Å². The fourth-order valence-corrected chi connectivity index (χ4v) is 1.46. The molecule has 0 bridgehead atoms. The lowest BCUT2D eigenvalue weighted by atomic mass is 10.0. The first-order chi connectivity index (χ1) is 9.12. The number of hydrogen-bond acceptors (Lipinski definition) is 7. The van der Waals surface area contributed by atoms with E-state index in [0.717, 1.165) is 0 Å². The highest BCUT2D eigenvalue weighted by Gasteiger charge is 2.27. The van der Waals surface area contributed by atoms with E-state index in [1.54, 1.807) is 12.1 Å². The minimum Gasteiger partial charge on any atom is -0.409 e. The van der Waals surface area contributed by atoms with E-state index in [0.29, 0.717) is 11.3 Å². The summed E-state index contributed by atoms with van der Waals surface area (Å²) < 4.78 is 0. The van der Waals surface area contributed by atoms with E-state index in [2.05, 4.69) is 15.5 Å². The number of amidine groups is 1. The summed E-state index contributed by atoms with van der Waals surface area (Å²) in [6.07, 6.45) is 1.49. The van der Waals surface area contributed by atoms with Crippen molar-refractivity contribution in [2.24, 2.45) is 10.9 Å². The molecule has 0 radical (unpaired) electrons. The van der Waals surface area contributed by atoms with Crippen LogP contribution in [-0.2, 0) is 6.54 Å². The van der Waals surface area contributed by atoms with Crippen molar-refractivity contribution in [1.82, 2.24) is 10.3 Å². The third-order valence-electron chi connectivity index (χ3n) is 2.80. The zero-order valence-electron chi connectivity index (χ0n) is 10.3. The number of oxime groups is 1. The SMILES string of the molecule is N/C(=N/O)c1ncccc1CNC(CO)(CO)CO. The fourth-order valence-electron chi connectivity index (χ4n) is 1.46. The number of pyridine rings is 1. The molecule has 0 amide bonds. The maximum absolute atomic E-state index is 9.19. The molecular weight excluding hydrogens is 252 g/mol. The Morgan fingerprint density at radius 2 is 1.95 bits per heavy atom. The molecule has 0 aliphatic carbocycles. The monoisotopic (exact) mass is 270 g/mol. The molecule has 0 saturated heterocycles. The van der Waals surface area contributed by atoms with Crippen LogP contribution in [0.4, 0.5) is 0 Å². The van der Waals surface area contributed by atoms with E-state index >= 15 is 0 Å². The molecule has 19 heavy (non-hydrogen) atoms. The molecule has 8 heteroatoms. The molecule has 1 heterocycles. The third kappa shape index (κ3) is 3.61. The molecule has 0 aliphatic rings. The zero-order chi connectivity index (χ0) is 14.3. The van der Waals surface area contributed by atoms with E-state index < -0.39 is 25.4 Å². The quantitative estimate of drug-likeness (QED) is 0.145. The van der Waals surface area contributed by atoms with Crippen molar-refractivity contribution in [3.05, 3.63) is 29.6 Å². The second-order valence-corrected chi connectivity index (χ2v) is 4.10. The van der Waals surface area contributed by atoms with Crippen LogP contribution in [0.5, 0.6) is 0 Å².